The molecule has 0 fully saturated rings. The second-order valence-corrected chi connectivity index (χ2v) is 8.84. The molecule has 7 heteroatoms. The first-order valence-electron chi connectivity index (χ1n) is 11.6. The van der Waals surface area contributed by atoms with Crippen LogP contribution in [0.15, 0.2) is 91.3 Å². The van der Waals surface area contributed by atoms with Gasteiger partial charge in [0.05, 0.1) is 12.5 Å². The van der Waals surface area contributed by atoms with Gasteiger partial charge in [-0.2, -0.15) is 0 Å². The first kappa shape index (κ1) is 24.7. The predicted molar refractivity (Wildman–Crippen MR) is 140 cm³/mol. The first-order valence-corrected chi connectivity index (χ1v) is 12.0. The summed E-state index contributed by atoms with van der Waals surface area (Å²) in [6.45, 7) is 1.89. The van der Waals surface area contributed by atoms with Gasteiger partial charge in [0.2, 0.25) is 5.91 Å². The molecule has 0 saturated heterocycles. The highest BCUT2D eigenvalue weighted by Crippen LogP contribution is 2.14. The minimum absolute atomic E-state index is 0.113. The van der Waals surface area contributed by atoms with Gasteiger partial charge in [-0.15, -0.1) is 0 Å². The number of nitrogens with one attached hydrogen (secondary N) is 2. The first-order chi connectivity index (χ1) is 17.1. The Balaban J connectivity index is 1.21. The fourth-order valence-electron chi connectivity index (χ4n) is 3.81. The molecule has 6 nitrogen and oxygen atoms in total. The van der Waals surface area contributed by atoms with E-state index in [0.29, 0.717) is 23.9 Å². The van der Waals surface area contributed by atoms with Crippen molar-refractivity contribution in [2.45, 2.75) is 25.5 Å². The van der Waals surface area contributed by atoms with E-state index in [0.717, 1.165) is 35.3 Å². The van der Waals surface area contributed by atoms with Crippen LogP contribution >= 0.6 is 11.6 Å². The van der Waals surface area contributed by atoms with Gasteiger partial charge in [-0.1, -0.05) is 66.2 Å². The maximum atomic E-state index is 12.6. The van der Waals surface area contributed by atoms with E-state index in [9.17, 15) is 9.90 Å². The lowest BCUT2D eigenvalue weighted by atomic mass is 10.1. The molecule has 1 heterocycles. The van der Waals surface area contributed by atoms with Crippen LogP contribution in [0.3, 0.4) is 0 Å². The Morgan fingerprint density at radius 2 is 1.69 bits per heavy atom. The lowest BCUT2D eigenvalue weighted by Gasteiger charge is -2.12. The molecular weight excluding hydrogens is 460 g/mol. The smallest absolute Gasteiger partial charge is 0.231 e. The van der Waals surface area contributed by atoms with E-state index in [4.69, 9.17) is 11.6 Å². The quantitative estimate of drug-likeness (QED) is 0.269. The van der Waals surface area contributed by atoms with Crippen LogP contribution in [0.5, 0.6) is 0 Å². The largest absolute Gasteiger partial charge is 0.387 e. The minimum Gasteiger partial charge on any atom is -0.387 e. The van der Waals surface area contributed by atoms with E-state index < -0.39 is 6.10 Å². The lowest BCUT2D eigenvalue weighted by Crippen LogP contribution is -2.23. The highest BCUT2D eigenvalue weighted by atomic mass is 35.5. The molecular formula is C28H29ClN4O2. The molecule has 0 saturated carbocycles. The highest BCUT2D eigenvalue weighted by Gasteiger charge is 2.10. The van der Waals surface area contributed by atoms with Crippen LogP contribution in [0.1, 0.15) is 28.6 Å². The van der Waals surface area contributed by atoms with E-state index in [1.54, 1.807) is 6.20 Å². The minimum atomic E-state index is -0.518. The van der Waals surface area contributed by atoms with E-state index in [1.165, 1.54) is 0 Å². The normalized spacial score (nSPS) is 11.8. The third kappa shape index (κ3) is 7.52. The van der Waals surface area contributed by atoms with Gasteiger partial charge >= 0.3 is 0 Å². The Kier molecular flexibility index (Phi) is 8.68. The van der Waals surface area contributed by atoms with Gasteiger partial charge in [-0.3, -0.25) is 4.79 Å². The van der Waals surface area contributed by atoms with Gasteiger partial charge in [0.1, 0.15) is 5.82 Å². The standard InChI is InChI=1S/C28H29ClN4O2/c29-24-10-6-22(7-11-24)20-33-17-16-31-27(33)18-28(35)32-25-12-8-21(9-13-25)14-15-30-19-26(34)23-4-2-1-3-5-23/h1-13,16-17,26,30,34H,14-15,18-20H2,(H,32,35)/t26-/m0/s1. The van der Waals surface area contributed by atoms with Crippen molar-refractivity contribution in [3.05, 3.63) is 119 Å². The molecule has 1 aromatic heterocycles. The number of aliphatic hydroxyl groups is 1. The lowest BCUT2D eigenvalue weighted by molar-refractivity contribution is -0.115. The second kappa shape index (κ2) is 12.3. The molecule has 0 aliphatic rings. The Morgan fingerprint density at radius 1 is 0.971 bits per heavy atom. The van der Waals surface area contributed by atoms with E-state index in [2.05, 4.69) is 15.6 Å². The van der Waals surface area contributed by atoms with Crippen LogP contribution < -0.4 is 10.6 Å². The number of rotatable bonds is 11. The zero-order chi connectivity index (χ0) is 24.5. The van der Waals surface area contributed by atoms with Gasteiger partial charge in [-0.05, 0) is 53.9 Å². The molecule has 1 atom stereocenters. The second-order valence-electron chi connectivity index (χ2n) is 8.40. The van der Waals surface area contributed by atoms with E-state index >= 15 is 0 Å². The van der Waals surface area contributed by atoms with Gasteiger partial charge in [0.15, 0.2) is 0 Å². The third-order valence-electron chi connectivity index (χ3n) is 5.74. The molecule has 1 amide bonds. The molecule has 0 spiro atoms. The summed E-state index contributed by atoms with van der Waals surface area (Å²) in [5.74, 6) is 0.593. The number of hydrogen-bond acceptors (Lipinski definition) is 4. The number of imidazole rings is 1. The summed E-state index contributed by atoms with van der Waals surface area (Å²) in [5, 5.41) is 17.2. The predicted octanol–water partition coefficient (Wildman–Crippen LogP) is 4.63. The number of carbonyl (C=O) groups excluding carboxylic acids is 1. The SMILES string of the molecule is O=C(Cc1nccn1Cc1ccc(Cl)cc1)Nc1ccc(CCNC[C@H](O)c2ccccc2)cc1. The van der Waals surface area contributed by atoms with E-state index in [-0.39, 0.29) is 12.3 Å². The Hall–Kier alpha value is -3.45. The maximum Gasteiger partial charge on any atom is 0.231 e. The van der Waals surface area contributed by atoms with Crippen LogP contribution in [-0.2, 0) is 24.2 Å². The third-order valence-corrected chi connectivity index (χ3v) is 5.99. The molecule has 4 rings (SSSR count). The zero-order valence-electron chi connectivity index (χ0n) is 19.4. The van der Waals surface area contributed by atoms with Crippen LogP contribution in [0, 0.1) is 0 Å². The number of anilines is 1. The van der Waals surface area contributed by atoms with Crippen molar-refractivity contribution in [1.29, 1.82) is 0 Å². The van der Waals surface area contributed by atoms with Crippen LogP contribution in [0.25, 0.3) is 0 Å². The summed E-state index contributed by atoms with van der Waals surface area (Å²) < 4.78 is 1.97. The average molecular weight is 489 g/mol. The number of hydrogen-bond donors (Lipinski definition) is 3. The van der Waals surface area contributed by atoms with Crippen molar-refractivity contribution in [2.75, 3.05) is 18.4 Å². The number of nitrogens with zero attached hydrogens (tertiary/aromatic N) is 2. The van der Waals surface area contributed by atoms with Crippen LogP contribution in [-0.4, -0.2) is 33.7 Å². The number of aliphatic hydroxyl groups excluding tert-OH is 1. The van der Waals surface area contributed by atoms with Crippen molar-refractivity contribution < 1.29 is 9.90 Å². The van der Waals surface area contributed by atoms with Gasteiger partial charge in [-0.25, -0.2) is 4.98 Å². The molecule has 3 N–H and O–H groups in total. The Labute approximate surface area is 210 Å². The fraction of sp³-hybridized carbons (Fsp3) is 0.214. The van der Waals surface area contributed by atoms with Crippen molar-refractivity contribution in [2.24, 2.45) is 0 Å². The van der Waals surface area contributed by atoms with Crippen molar-refractivity contribution in [3.8, 4) is 0 Å². The van der Waals surface area contributed by atoms with Crippen LogP contribution in [0.4, 0.5) is 5.69 Å². The highest BCUT2D eigenvalue weighted by molar-refractivity contribution is 6.30. The molecule has 180 valence electrons. The van der Waals surface area contributed by atoms with E-state index in [1.807, 2.05) is 89.6 Å². The summed E-state index contributed by atoms with van der Waals surface area (Å²) in [5.41, 5.74) is 3.91. The Bertz CT molecular complexity index is 1210. The molecule has 0 unspecified atom stereocenters. The number of halogens is 1. The number of amides is 1. The number of benzene rings is 3. The molecule has 0 aliphatic heterocycles. The topological polar surface area (TPSA) is 79.2 Å². The summed E-state index contributed by atoms with van der Waals surface area (Å²) in [4.78, 5) is 16.9. The number of carbonyl (C=O) groups is 1. The maximum absolute atomic E-state index is 12.6. The molecule has 3 aromatic carbocycles. The molecule has 35 heavy (non-hydrogen) atoms. The van der Waals surface area contributed by atoms with Gasteiger partial charge < -0.3 is 20.3 Å². The average Bonchev–Trinajstić information content (AvgIpc) is 3.30. The summed E-state index contributed by atoms with van der Waals surface area (Å²) in [7, 11) is 0. The fourth-order valence-corrected chi connectivity index (χ4v) is 3.93. The summed E-state index contributed by atoms with van der Waals surface area (Å²) in [6.07, 6.45) is 4.09. The van der Waals surface area contributed by atoms with Crippen molar-refractivity contribution in [3.63, 3.8) is 0 Å². The number of aromatic nitrogens is 2. The summed E-state index contributed by atoms with van der Waals surface area (Å²) >= 11 is 5.96. The molecule has 4 aromatic rings. The van der Waals surface area contributed by atoms with Crippen LogP contribution in [0.2, 0.25) is 5.02 Å². The van der Waals surface area contributed by atoms with Gasteiger partial charge in [0, 0.05) is 36.2 Å². The zero-order valence-corrected chi connectivity index (χ0v) is 20.2. The molecule has 0 radical (unpaired) electrons. The van der Waals surface area contributed by atoms with Crippen molar-refractivity contribution >= 4 is 23.2 Å². The molecule has 0 aliphatic carbocycles. The molecule has 0 bridgehead atoms. The monoisotopic (exact) mass is 488 g/mol. The Morgan fingerprint density at radius 3 is 2.43 bits per heavy atom. The van der Waals surface area contributed by atoms with Gasteiger partial charge in [0.25, 0.3) is 0 Å². The summed E-state index contributed by atoms with van der Waals surface area (Å²) in [6, 6.07) is 25.1. The van der Waals surface area contributed by atoms with Crippen molar-refractivity contribution in [1.82, 2.24) is 14.9 Å².